The Bertz CT molecular complexity index is 589. The van der Waals surface area contributed by atoms with Gasteiger partial charge in [-0.3, -0.25) is 9.59 Å². The Morgan fingerprint density at radius 1 is 1.32 bits per heavy atom. The van der Waals surface area contributed by atoms with Crippen LogP contribution in [0.5, 0.6) is 5.75 Å². The SMILES string of the molecule is CCCNC(=O)C1CSC(CC(C)C)N1C(=O)c1ccc(OC)cc1. The molecule has 1 aromatic rings. The van der Waals surface area contributed by atoms with E-state index < -0.39 is 6.04 Å². The summed E-state index contributed by atoms with van der Waals surface area (Å²) in [6.07, 6.45) is 1.76. The van der Waals surface area contributed by atoms with Crippen molar-refractivity contribution >= 4 is 23.6 Å². The second kappa shape index (κ2) is 9.13. The highest BCUT2D eigenvalue weighted by molar-refractivity contribution is 8.00. The summed E-state index contributed by atoms with van der Waals surface area (Å²) in [5.41, 5.74) is 0.588. The molecule has 1 saturated heterocycles. The second-order valence-electron chi connectivity index (χ2n) is 6.67. The van der Waals surface area contributed by atoms with Crippen molar-refractivity contribution < 1.29 is 14.3 Å². The van der Waals surface area contributed by atoms with Crippen LogP contribution in [0.1, 0.15) is 44.0 Å². The van der Waals surface area contributed by atoms with Gasteiger partial charge in [0.1, 0.15) is 11.8 Å². The highest BCUT2D eigenvalue weighted by atomic mass is 32.2. The third kappa shape index (κ3) is 4.91. The molecule has 0 radical (unpaired) electrons. The smallest absolute Gasteiger partial charge is 0.255 e. The van der Waals surface area contributed by atoms with Crippen LogP contribution in [-0.2, 0) is 4.79 Å². The lowest BCUT2D eigenvalue weighted by Crippen LogP contribution is -2.50. The van der Waals surface area contributed by atoms with Crippen molar-refractivity contribution in [1.29, 1.82) is 0 Å². The van der Waals surface area contributed by atoms with Crippen LogP contribution in [0.25, 0.3) is 0 Å². The Morgan fingerprint density at radius 3 is 2.56 bits per heavy atom. The first-order valence-electron chi connectivity index (χ1n) is 8.84. The molecule has 2 rings (SSSR count). The van der Waals surface area contributed by atoms with Crippen LogP contribution in [0, 0.1) is 5.92 Å². The number of nitrogens with one attached hydrogen (secondary N) is 1. The van der Waals surface area contributed by atoms with E-state index in [0.29, 0.717) is 29.5 Å². The number of hydrogen-bond donors (Lipinski definition) is 1. The van der Waals surface area contributed by atoms with Crippen molar-refractivity contribution in [2.75, 3.05) is 19.4 Å². The van der Waals surface area contributed by atoms with E-state index in [-0.39, 0.29) is 17.2 Å². The Labute approximate surface area is 154 Å². The molecule has 1 N–H and O–H groups in total. The molecule has 25 heavy (non-hydrogen) atoms. The van der Waals surface area contributed by atoms with Crippen molar-refractivity contribution in [2.45, 2.75) is 45.0 Å². The molecule has 0 saturated carbocycles. The summed E-state index contributed by atoms with van der Waals surface area (Å²) in [4.78, 5) is 27.4. The molecule has 6 heteroatoms. The topological polar surface area (TPSA) is 58.6 Å². The number of thioether (sulfide) groups is 1. The number of ether oxygens (including phenoxy) is 1. The third-order valence-electron chi connectivity index (χ3n) is 4.19. The van der Waals surface area contributed by atoms with Crippen LogP contribution in [0.15, 0.2) is 24.3 Å². The molecule has 1 heterocycles. The summed E-state index contributed by atoms with van der Waals surface area (Å²) in [6, 6.07) is 6.67. The van der Waals surface area contributed by atoms with Crippen molar-refractivity contribution in [2.24, 2.45) is 5.92 Å². The van der Waals surface area contributed by atoms with E-state index >= 15 is 0 Å². The van der Waals surface area contributed by atoms with E-state index in [0.717, 1.165) is 12.8 Å². The zero-order valence-electron chi connectivity index (χ0n) is 15.5. The number of carbonyl (C=O) groups excluding carboxylic acids is 2. The highest BCUT2D eigenvalue weighted by Gasteiger charge is 2.41. The number of nitrogens with zero attached hydrogens (tertiary/aromatic N) is 1. The average molecular weight is 365 g/mol. The maximum Gasteiger partial charge on any atom is 0.255 e. The zero-order valence-corrected chi connectivity index (χ0v) is 16.3. The van der Waals surface area contributed by atoms with Gasteiger partial charge in [0.05, 0.1) is 12.5 Å². The molecular weight excluding hydrogens is 336 g/mol. The minimum Gasteiger partial charge on any atom is -0.497 e. The average Bonchev–Trinajstić information content (AvgIpc) is 3.02. The number of methoxy groups -OCH3 is 1. The van der Waals surface area contributed by atoms with Gasteiger partial charge < -0.3 is 15.0 Å². The predicted molar refractivity (Wildman–Crippen MR) is 102 cm³/mol. The Morgan fingerprint density at radius 2 is 2.00 bits per heavy atom. The quantitative estimate of drug-likeness (QED) is 0.807. The Balaban J connectivity index is 2.23. The summed E-state index contributed by atoms with van der Waals surface area (Å²) in [5.74, 6) is 1.68. The second-order valence-corrected chi connectivity index (χ2v) is 7.88. The maximum atomic E-state index is 13.1. The van der Waals surface area contributed by atoms with E-state index in [9.17, 15) is 9.59 Å². The van der Waals surface area contributed by atoms with Gasteiger partial charge in [-0.25, -0.2) is 0 Å². The molecule has 138 valence electrons. The summed E-state index contributed by atoms with van der Waals surface area (Å²) < 4.78 is 5.16. The predicted octanol–water partition coefficient (Wildman–Crippen LogP) is 3.15. The van der Waals surface area contributed by atoms with Gasteiger partial charge in [0.2, 0.25) is 5.91 Å². The third-order valence-corrected chi connectivity index (χ3v) is 5.50. The largest absolute Gasteiger partial charge is 0.497 e. The number of benzene rings is 1. The molecule has 2 amide bonds. The van der Waals surface area contributed by atoms with E-state index in [1.807, 2.05) is 6.92 Å². The van der Waals surface area contributed by atoms with E-state index in [2.05, 4.69) is 19.2 Å². The van der Waals surface area contributed by atoms with Crippen molar-refractivity contribution in [3.8, 4) is 5.75 Å². The minimum absolute atomic E-state index is 0.0342. The van der Waals surface area contributed by atoms with E-state index in [1.54, 1.807) is 48.0 Å². The van der Waals surface area contributed by atoms with Gasteiger partial charge >= 0.3 is 0 Å². The summed E-state index contributed by atoms with van der Waals surface area (Å²) >= 11 is 1.70. The standard InChI is InChI=1S/C19H28N2O3S/c1-5-10-20-18(22)16-12-25-17(11-13(2)3)21(16)19(23)14-6-8-15(24-4)9-7-14/h6-9,13,16-17H,5,10-12H2,1-4H3,(H,20,22). The summed E-state index contributed by atoms with van der Waals surface area (Å²) in [6.45, 7) is 6.94. The van der Waals surface area contributed by atoms with E-state index in [4.69, 9.17) is 4.74 Å². The molecular formula is C19H28N2O3S. The van der Waals surface area contributed by atoms with Gasteiger partial charge in [-0.2, -0.15) is 0 Å². The number of rotatable bonds is 7. The summed E-state index contributed by atoms with van der Waals surface area (Å²) in [5, 5.41) is 2.97. The monoisotopic (exact) mass is 364 g/mol. The van der Waals surface area contributed by atoms with Crippen LogP contribution in [0.2, 0.25) is 0 Å². The molecule has 0 aliphatic carbocycles. The van der Waals surface area contributed by atoms with Crippen LogP contribution in [0.3, 0.4) is 0 Å². The van der Waals surface area contributed by atoms with Gasteiger partial charge in [-0.05, 0) is 43.0 Å². The summed E-state index contributed by atoms with van der Waals surface area (Å²) in [7, 11) is 1.60. The lowest BCUT2D eigenvalue weighted by molar-refractivity contribution is -0.124. The van der Waals surface area contributed by atoms with Gasteiger partial charge in [0.25, 0.3) is 5.91 Å². The van der Waals surface area contributed by atoms with Crippen LogP contribution < -0.4 is 10.1 Å². The molecule has 1 aliphatic heterocycles. The fourth-order valence-electron chi connectivity index (χ4n) is 2.87. The molecule has 2 unspecified atom stereocenters. The molecule has 0 aromatic heterocycles. The van der Waals surface area contributed by atoms with Gasteiger partial charge in [0, 0.05) is 17.9 Å². The number of amides is 2. The van der Waals surface area contributed by atoms with E-state index in [1.165, 1.54) is 0 Å². The first-order chi connectivity index (χ1) is 12.0. The molecule has 5 nitrogen and oxygen atoms in total. The zero-order chi connectivity index (χ0) is 18.4. The first kappa shape index (κ1) is 19.6. The van der Waals surface area contributed by atoms with Crippen LogP contribution >= 0.6 is 11.8 Å². The van der Waals surface area contributed by atoms with Crippen LogP contribution in [0.4, 0.5) is 0 Å². The number of hydrogen-bond acceptors (Lipinski definition) is 4. The molecule has 1 aliphatic rings. The molecule has 1 aromatic carbocycles. The maximum absolute atomic E-state index is 13.1. The Kier molecular flexibility index (Phi) is 7.17. The molecule has 0 spiro atoms. The normalized spacial score (nSPS) is 20.0. The fourth-order valence-corrected chi connectivity index (χ4v) is 4.51. The van der Waals surface area contributed by atoms with Crippen LogP contribution in [-0.4, -0.2) is 47.5 Å². The van der Waals surface area contributed by atoms with Crippen molar-refractivity contribution in [3.05, 3.63) is 29.8 Å². The highest BCUT2D eigenvalue weighted by Crippen LogP contribution is 2.34. The Hall–Kier alpha value is -1.69. The van der Waals surface area contributed by atoms with Crippen molar-refractivity contribution in [3.63, 3.8) is 0 Å². The first-order valence-corrected chi connectivity index (χ1v) is 9.88. The number of carbonyl (C=O) groups is 2. The van der Waals surface area contributed by atoms with Gasteiger partial charge in [-0.15, -0.1) is 11.8 Å². The lowest BCUT2D eigenvalue weighted by atomic mass is 10.1. The minimum atomic E-state index is -0.407. The van der Waals surface area contributed by atoms with Crippen molar-refractivity contribution in [1.82, 2.24) is 10.2 Å². The fraction of sp³-hybridized carbons (Fsp3) is 0.579. The molecule has 2 atom stereocenters. The van der Waals surface area contributed by atoms with Gasteiger partial charge in [-0.1, -0.05) is 20.8 Å². The lowest BCUT2D eigenvalue weighted by Gasteiger charge is -2.30. The van der Waals surface area contributed by atoms with Gasteiger partial charge in [0.15, 0.2) is 0 Å². The molecule has 0 bridgehead atoms. The molecule has 1 fully saturated rings.